The van der Waals surface area contributed by atoms with E-state index in [1.807, 2.05) is 0 Å². The molecule has 0 aliphatic carbocycles. The monoisotopic (exact) mass is 275 g/mol. The van der Waals surface area contributed by atoms with Gasteiger partial charge in [0.15, 0.2) is 0 Å². The van der Waals surface area contributed by atoms with Crippen molar-refractivity contribution in [1.82, 2.24) is 0 Å². The maximum Gasteiger partial charge on any atom is 0.423 e. The lowest BCUT2D eigenvalue weighted by atomic mass is 10.3. The van der Waals surface area contributed by atoms with Crippen molar-refractivity contribution in [3.63, 3.8) is 0 Å². The van der Waals surface area contributed by atoms with E-state index >= 15 is 0 Å². The smallest absolute Gasteiger partial charge is 0.360 e. The number of hydrogen-bond acceptors (Lipinski definition) is 3. The molecule has 0 amide bonds. The molecule has 2 N–H and O–H groups in total. The Hall–Kier alpha value is -0.550. The van der Waals surface area contributed by atoms with E-state index in [0.717, 1.165) is 0 Å². The van der Waals surface area contributed by atoms with Crippen LogP contribution in [0.15, 0.2) is 0 Å². The van der Waals surface area contributed by atoms with Crippen molar-refractivity contribution in [1.29, 1.82) is 0 Å². The number of hydrogen-bond donors (Lipinski definition) is 1. The Morgan fingerprint density at radius 1 is 1.06 bits per heavy atom. The van der Waals surface area contributed by atoms with Crippen LogP contribution in [0.1, 0.15) is 0 Å². The highest BCUT2D eigenvalue weighted by Crippen LogP contribution is 2.35. The molecule has 0 radical (unpaired) electrons. The summed E-state index contributed by atoms with van der Waals surface area (Å²) in [6.07, 6.45) is -15.3. The summed E-state index contributed by atoms with van der Waals surface area (Å²) < 4.78 is 94.8. The number of primary sulfonamides is 1. The van der Waals surface area contributed by atoms with Crippen LogP contribution in [0, 0.1) is 0 Å². The van der Waals surface area contributed by atoms with Crippen molar-refractivity contribution in [2.45, 2.75) is 18.5 Å². The van der Waals surface area contributed by atoms with Crippen molar-refractivity contribution in [3.05, 3.63) is 0 Å². The van der Waals surface area contributed by atoms with Gasteiger partial charge in [-0.05, 0) is 0 Å². The van der Waals surface area contributed by atoms with E-state index in [0.29, 0.717) is 0 Å². The Morgan fingerprint density at radius 2 is 1.44 bits per heavy atom. The second-order valence-corrected chi connectivity index (χ2v) is 4.44. The molecule has 0 atom stereocenters. The third-order valence-corrected chi connectivity index (χ3v) is 1.98. The fraction of sp³-hybridized carbons (Fsp3) is 1.00. The molecule has 0 spiro atoms. The average Bonchev–Trinajstić information content (AvgIpc) is 1.90. The molecule has 0 heterocycles. The normalized spacial score (nSPS) is 14.5. The summed E-state index contributed by atoms with van der Waals surface area (Å²) in [5, 5.41) is 4.37. The van der Waals surface area contributed by atoms with Gasteiger partial charge in [0, 0.05) is 0 Å². The van der Waals surface area contributed by atoms with Gasteiger partial charge in [-0.1, -0.05) is 0 Å². The second-order valence-electron chi connectivity index (χ2n) is 2.70. The standard InChI is InChI=1S/C5H7F6NO3S/c6-4(7,8)3(5(9,10)11)15-1-2-16(12,13)14/h3H,1-2H2,(H2,12,13,14). The largest absolute Gasteiger partial charge is 0.423 e. The quantitative estimate of drug-likeness (QED) is 0.771. The van der Waals surface area contributed by atoms with Crippen LogP contribution in [0.4, 0.5) is 26.3 Å². The Labute approximate surface area is 86.4 Å². The van der Waals surface area contributed by atoms with Gasteiger partial charge in [0.25, 0.3) is 0 Å². The maximum absolute atomic E-state index is 11.8. The minimum absolute atomic E-state index is 1.13. The molecule has 0 rings (SSSR count). The summed E-state index contributed by atoms with van der Waals surface area (Å²) in [7, 11) is -4.17. The predicted molar refractivity (Wildman–Crippen MR) is 39.8 cm³/mol. The van der Waals surface area contributed by atoms with Crippen LogP contribution >= 0.6 is 0 Å². The van der Waals surface area contributed by atoms with Gasteiger partial charge in [0.05, 0.1) is 12.4 Å². The summed E-state index contributed by atoms with van der Waals surface area (Å²) in [4.78, 5) is 0. The molecule has 11 heteroatoms. The summed E-state index contributed by atoms with van der Waals surface area (Å²) in [6, 6.07) is 0. The Kier molecular flexibility index (Phi) is 4.59. The van der Waals surface area contributed by atoms with Crippen molar-refractivity contribution in [2.24, 2.45) is 5.14 Å². The van der Waals surface area contributed by atoms with E-state index in [4.69, 9.17) is 0 Å². The summed E-state index contributed by atoms with van der Waals surface area (Å²) >= 11 is 0. The van der Waals surface area contributed by atoms with E-state index in [9.17, 15) is 34.8 Å². The molecule has 0 unspecified atom stereocenters. The first-order valence-corrected chi connectivity index (χ1v) is 5.31. The summed E-state index contributed by atoms with van der Waals surface area (Å²) in [5.74, 6) is -1.13. The average molecular weight is 275 g/mol. The van der Waals surface area contributed by atoms with Crippen molar-refractivity contribution in [2.75, 3.05) is 12.4 Å². The van der Waals surface area contributed by atoms with Gasteiger partial charge in [0.1, 0.15) is 0 Å². The number of halogens is 6. The first-order valence-electron chi connectivity index (χ1n) is 3.59. The number of nitrogens with two attached hydrogens (primary N) is 1. The van der Waals surface area contributed by atoms with E-state index in [2.05, 4.69) is 9.88 Å². The fourth-order valence-corrected chi connectivity index (χ4v) is 0.985. The Balaban J connectivity index is 4.49. The van der Waals surface area contributed by atoms with Crippen LogP contribution in [0.3, 0.4) is 0 Å². The predicted octanol–water partition coefficient (Wildman–Crippen LogP) is 0.785. The third-order valence-electron chi connectivity index (χ3n) is 1.25. The van der Waals surface area contributed by atoms with Gasteiger partial charge in [0.2, 0.25) is 16.1 Å². The Bertz CT molecular complexity index is 306. The van der Waals surface area contributed by atoms with E-state index in [1.165, 1.54) is 0 Å². The topological polar surface area (TPSA) is 69.4 Å². The lowest BCUT2D eigenvalue weighted by molar-refractivity contribution is -0.320. The molecule has 98 valence electrons. The van der Waals surface area contributed by atoms with Crippen LogP contribution < -0.4 is 5.14 Å². The highest BCUT2D eigenvalue weighted by Gasteiger charge is 2.57. The maximum atomic E-state index is 11.8. The molecule has 0 aromatic carbocycles. The summed E-state index contributed by atoms with van der Waals surface area (Å²) in [6.45, 7) is -1.29. The minimum Gasteiger partial charge on any atom is -0.360 e. The van der Waals surface area contributed by atoms with Crippen LogP contribution in [-0.2, 0) is 14.8 Å². The zero-order chi connectivity index (χ0) is 13.2. The van der Waals surface area contributed by atoms with E-state index in [1.54, 1.807) is 0 Å². The SMILES string of the molecule is NS(=O)(=O)CCOC(C(F)(F)F)C(F)(F)F. The van der Waals surface area contributed by atoms with Crippen LogP contribution in [0.25, 0.3) is 0 Å². The molecule has 0 fully saturated rings. The molecule has 0 aliphatic heterocycles. The number of rotatable bonds is 4. The number of alkyl halides is 6. The molecule has 0 bridgehead atoms. The van der Waals surface area contributed by atoms with Crippen molar-refractivity contribution >= 4 is 10.0 Å². The number of sulfonamides is 1. The molecule has 0 saturated carbocycles. The lowest BCUT2D eigenvalue weighted by Gasteiger charge is -2.22. The second kappa shape index (κ2) is 4.75. The molecule has 4 nitrogen and oxygen atoms in total. The lowest BCUT2D eigenvalue weighted by Crippen LogP contribution is -2.45. The van der Waals surface area contributed by atoms with Crippen LogP contribution in [-0.4, -0.2) is 39.2 Å². The van der Waals surface area contributed by atoms with Crippen LogP contribution in [0.5, 0.6) is 0 Å². The van der Waals surface area contributed by atoms with Gasteiger partial charge in [-0.2, -0.15) is 26.3 Å². The van der Waals surface area contributed by atoms with Crippen molar-refractivity contribution < 1.29 is 39.5 Å². The summed E-state index contributed by atoms with van der Waals surface area (Å²) in [5.41, 5.74) is 0. The van der Waals surface area contributed by atoms with Crippen LogP contribution in [0.2, 0.25) is 0 Å². The number of ether oxygens (including phenoxy) is 1. The Morgan fingerprint density at radius 3 is 1.69 bits per heavy atom. The molecule has 0 aliphatic rings. The van der Waals surface area contributed by atoms with E-state index < -0.39 is 40.8 Å². The molecule has 0 aromatic rings. The van der Waals surface area contributed by atoms with Crippen molar-refractivity contribution in [3.8, 4) is 0 Å². The molecule has 0 aromatic heterocycles. The van der Waals surface area contributed by atoms with Gasteiger partial charge in [-0.3, -0.25) is 0 Å². The zero-order valence-electron chi connectivity index (χ0n) is 7.47. The van der Waals surface area contributed by atoms with Gasteiger partial charge < -0.3 is 4.74 Å². The fourth-order valence-electron chi connectivity index (χ4n) is 0.657. The first-order chi connectivity index (χ1) is 6.84. The molecule has 0 saturated heterocycles. The van der Waals surface area contributed by atoms with Gasteiger partial charge >= 0.3 is 12.4 Å². The van der Waals surface area contributed by atoms with Gasteiger partial charge in [-0.15, -0.1) is 0 Å². The van der Waals surface area contributed by atoms with Gasteiger partial charge in [-0.25, -0.2) is 13.6 Å². The first kappa shape index (κ1) is 15.4. The highest BCUT2D eigenvalue weighted by molar-refractivity contribution is 7.89. The third kappa shape index (κ3) is 6.12. The minimum atomic E-state index is -5.66. The highest BCUT2D eigenvalue weighted by atomic mass is 32.2. The van der Waals surface area contributed by atoms with E-state index in [-0.39, 0.29) is 0 Å². The molecular weight excluding hydrogens is 268 g/mol. The molecule has 16 heavy (non-hydrogen) atoms. The zero-order valence-corrected chi connectivity index (χ0v) is 8.29. The molecular formula is C5H7F6NO3S.